The predicted molar refractivity (Wildman–Crippen MR) is 72.2 cm³/mol. The van der Waals surface area contributed by atoms with Gasteiger partial charge in [-0.05, 0) is 19.5 Å². The Hall–Kier alpha value is -1.88. The van der Waals surface area contributed by atoms with Crippen LogP contribution < -0.4 is 10.1 Å². The van der Waals surface area contributed by atoms with Crippen LogP contribution in [0.1, 0.15) is 30.0 Å². The first-order valence-corrected chi connectivity index (χ1v) is 6.36. The molecular formula is C14H19N3O2. The molecule has 0 bridgehead atoms. The molecule has 1 unspecified atom stereocenters. The van der Waals surface area contributed by atoms with Crippen LogP contribution in [0, 0.1) is 6.92 Å². The van der Waals surface area contributed by atoms with E-state index >= 15 is 0 Å². The summed E-state index contributed by atoms with van der Waals surface area (Å²) in [6.07, 6.45) is 4.02. The van der Waals surface area contributed by atoms with Gasteiger partial charge in [0.1, 0.15) is 12.1 Å². The molecule has 0 aliphatic heterocycles. The third kappa shape index (κ3) is 3.32. The zero-order valence-electron chi connectivity index (χ0n) is 11.5. The van der Waals surface area contributed by atoms with Crippen molar-refractivity contribution in [2.24, 2.45) is 0 Å². The molecular weight excluding hydrogens is 242 g/mol. The van der Waals surface area contributed by atoms with E-state index in [0.717, 1.165) is 24.4 Å². The molecule has 2 rings (SSSR count). The molecule has 0 aliphatic rings. The van der Waals surface area contributed by atoms with Gasteiger partial charge in [-0.1, -0.05) is 6.92 Å². The summed E-state index contributed by atoms with van der Waals surface area (Å²) >= 11 is 0. The number of hydrogen-bond acceptors (Lipinski definition) is 5. The highest BCUT2D eigenvalue weighted by atomic mass is 16.5. The molecule has 2 heterocycles. The average molecular weight is 261 g/mol. The summed E-state index contributed by atoms with van der Waals surface area (Å²) in [4.78, 5) is 8.31. The van der Waals surface area contributed by atoms with E-state index in [1.807, 2.05) is 19.1 Å². The fourth-order valence-electron chi connectivity index (χ4n) is 2.10. The van der Waals surface area contributed by atoms with Gasteiger partial charge in [0, 0.05) is 29.8 Å². The number of ether oxygens (including phenoxy) is 1. The predicted octanol–water partition coefficient (Wildman–Crippen LogP) is 2.28. The van der Waals surface area contributed by atoms with E-state index < -0.39 is 0 Å². The molecule has 0 saturated carbocycles. The molecule has 0 saturated heterocycles. The van der Waals surface area contributed by atoms with Crippen LogP contribution in [0.15, 0.2) is 29.1 Å². The van der Waals surface area contributed by atoms with Crippen molar-refractivity contribution in [2.45, 2.75) is 26.3 Å². The minimum absolute atomic E-state index is 0.184. The maximum atomic E-state index is 5.38. The number of hydrogen-bond donors (Lipinski definition) is 1. The van der Waals surface area contributed by atoms with Crippen LogP contribution in [-0.2, 0) is 6.42 Å². The molecule has 0 aliphatic carbocycles. The number of likely N-dealkylation sites (N-methyl/N-ethyl adjacent to an activating group) is 1. The molecule has 0 aromatic carbocycles. The van der Waals surface area contributed by atoms with E-state index in [-0.39, 0.29) is 6.04 Å². The second kappa shape index (κ2) is 6.33. The quantitative estimate of drug-likeness (QED) is 0.864. The van der Waals surface area contributed by atoms with E-state index in [1.165, 1.54) is 11.9 Å². The van der Waals surface area contributed by atoms with Gasteiger partial charge in [-0.15, -0.1) is 0 Å². The fourth-order valence-corrected chi connectivity index (χ4v) is 2.10. The number of furan rings is 1. The van der Waals surface area contributed by atoms with Crippen molar-refractivity contribution in [3.8, 4) is 5.88 Å². The van der Waals surface area contributed by atoms with E-state index in [9.17, 15) is 0 Å². The van der Waals surface area contributed by atoms with Gasteiger partial charge < -0.3 is 14.5 Å². The third-order valence-corrected chi connectivity index (χ3v) is 3.05. The maximum absolute atomic E-state index is 5.38. The van der Waals surface area contributed by atoms with Crippen LogP contribution in [-0.4, -0.2) is 23.6 Å². The highest BCUT2D eigenvalue weighted by Crippen LogP contribution is 2.22. The lowest BCUT2D eigenvalue weighted by Gasteiger charge is -2.17. The lowest BCUT2D eigenvalue weighted by molar-refractivity contribution is 0.395. The number of nitrogens with one attached hydrogen (secondary N) is 1. The summed E-state index contributed by atoms with van der Waals surface area (Å²) in [6, 6.07) is 4.05. The number of nitrogens with zero attached hydrogens (tertiary/aromatic N) is 2. The highest BCUT2D eigenvalue weighted by molar-refractivity contribution is 5.23. The topological polar surface area (TPSA) is 60.2 Å². The lowest BCUT2D eigenvalue weighted by Crippen LogP contribution is -2.23. The first-order chi connectivity index (χ1) is 9.24. The second-order valence-electron chi connectivity index (χ2n) is 4.30. The molecule has 0 radical (unpaired) electrons. The van der Waals surface area contributed by atoms with E-state index in [0.29, 0.717) is 5.88 Å². The van der Waals surface area contributed by atoms with Crippen molar-refractivity contribution in [1.29, 1.82) is 0 Å². The van der Waals surface area contributed by atoms with Gasteiger partial charge in [-0.3, -0.25) is 0 Å². The average Bonchev–Trinajstić information content (AvgIpc) is 2.85. The van der Waals surface area contributed by atoms with Crippen molar-refractivity contribution in [3.63, 3.8) is 0 Å². The van der Waals surface area contributed by atoms with E-state index in [2.05, 4.69) is 22.2 Å². The Bertz CT molecular complexity index is 525. The minimum atomic E-state index is 0.184. The molecule has 1 atom stereocenters. The van der Waals surface area contributed by atoms with Gasteiger partial charge in [0.25, 0.3) is 0 Å². The van der Waals surface area contributed by atoms with E-state index in [4.69, 9.17) is 9.15 Å². The highest BCUT2D eigenvalue weighted by Gasteiger charge is 2.16. The summed E-state index contributed by atoms with van der Waals surface area (Å²) in [5.74, 6) is 1.52. The molecule has 0 spiro atoms. The van der Waals surface area contributed by atoms with Crippen LogP contribution in [0.25, 0.3) is 0 Å². The van der Waals surface area contributed by atoms with Gasteiger partial charge in [-0.2, -0.15) is 0 Å². The smallest absolute Gasteiger partial charge is 0.216 e. The normalized spacial score (nSPS) is 12.4. The van der Waals surface area contributed by atoms with Gasteiger partial charge in [-0.25, -0.2) is 9.97 Å². The molecule has 0 amide bonds. The zero-order valence-corrected chi connectivity index (χ0v) is 11.5. The molecule has 102 valence electrons. The standard InChI is InChI=1S/C14H19N3O2/c1-4-15-13(12-5-6-19-10(12)2)7-11-8-14(18-3)17-9-16-11/h5-6,8-9,13,15H,4,7H2,1-3H3. The van der Waals surface area contributed by atoms with Gasteiger partial charge >= 0.3 is 0 Å². The molecule has 0 fully saturated rings. The number of methoxy groups -OCH3 is 1. The monoisotopic (exact) mass is 261 g/mol. The molecule has 19 heavy (non-hydrogen) atoms. The molecule has 5 heteroatoms. The van der Waals surface area contributed by atoms with Crippen LogP contribution >= 0.6 is 0 Å². The van der Waals surface area contributed by atoms with Crippen molar-refractivity contribution in [1.82, 2.24) is 15.3 Å². The summed E-state index contributed by atoms with van der Waals surface area (Å²) in [6.45, 7) is 4.95. The minimum Gasteiger partial charge on any atom is -0.481 e. The van der Waals surface area contributed by atoms with Crippen molar-refractivity contribution in [2.75, 3.05) is 13.7 Å². The van der Waals surface area contributed by atoms with Crippen LogP contribution in [0.3, 0.4) is 0 Å². The third-order valence-electron chi connectivity index (χ3n) is 3.05. The van der Waals surface area contributed by atoms with Crippen LogP contribution in [0.2, 0.25) is 0 Å². The maximum Gasteiger partial charge on any atom is 0.216 e. The molecule has 1 N–H and O–H groups in total. The Labute approximate surface area is 113 Å². The van der Waals surface area contributed by atoms with E-state index in [1.54, 1.807) is 13.4 Å². The summed E-state index contributed by atoms with van der Waals surface area (Å²) < 4.78 is 10.5. The van der Waals surface area contributed by atoms with Crippen LogP contribution in [0.4, 0.5) is 0 Å². The van der Waals surface area contributed by atoms with Crippen molar-refractivity contribution >= 4 is 0 Å². The lowest BCUT2D eigenvalue weighted by atomic mass is 10.0. The molecule has 5 nitrogen and oxygen atoms in total. The Morgan fingerprint density at radius 2 is 2.26 bits per heavy atom. The SMILES string of the molecule is CCNC(Cc1cc(OC)ncn1)c1ccoc1C. The summed E-state index contributed by atoms with van der Waals surface area (Å²) in [7, 11) is 1.61. The number of rotatable bonds is 6. The van der Waals surface area contributed by atoms with Gasteiger partial charge in [0.2, 0.25) is 5.88 Å². The largest absolute Gasteiger partial charge is 0.481 e. The molecule has 2 aromatic heterocycles. The number of aromatic nitrogens is 2. The Morgan fingerprint density at radius 3 is 2.89 bits per heavy atom. The fraction of sp³-hybridized carbons (Fsp3) is 0.429. The zero-order chi connectivity index (χ0) is 13.7. The molecule has 2 aromatic rings. The number of aryl methyl sites for hydroxylation is 1. The first kappa shape index (κ1) is 13.5. The van der Waals surface area contributed by atoms with Gasteiger partial charge in [0.15, 0.2) is 0 Å². The summed E-state index contributed by atoms with van der Waals surface area (Å²) in [5.41, 5.74) is 2.11. The second-order valence-corrected chi connectivity index (χ2v) is 4.30. The van der Waals surface area contributed by atoms with Crippen molar-refractivity contribution in [3.05, 3.63) is 41.7 Å². The first-order valence-electron chi connectivity index (χ1n) is 6.36. The summed E-state index contributed by atoms with van der Waals surface area (Å²) in [5, 5.41) is 3.45. The van der Waals surface area contributed by atoms with Crippen LogP contribution in [0.5, 0.6) is 5.88 Å². The van der Waals surface area contributed by atoms with Crippen molar-refractivity contribution < 1.29 is 9.15 Å². The Morgan fingerprint density at radius 1 is 1.42 bits per heavy atom. The van der Waals surface area contributed by atoms with Gasteiger partial charge in [0.05, 0.1) is 13.4 Å². The Balaban J connectivity index is 2.18. The Kier molecular flexibility index (Phi) is 4.52.